The van der Waals surface area contributed by atoms with Crippen LogP contribution in [0.15, 0.2) is 24.3 Å². The number of thioether (sulfide) groups is 2. The topological polar surface area (TPSA) is 30.5 Å². The van der Waals surface area contributed by atoms with Crippen LogP contribution >= 0.6 is 23.5 Å². The van der Waals surface area contributed by atoms with E-state index < -0.39 is 0 Å². The van der Waals surface area contributed by atoms with E-state index in [0.29, 0.717) is 19.3 Å². The molecule has 0 aromatic heterocycles. The van der Waals surface area contributed by atoms with Gasteiger partial charge >= 0.3 is 0 Å². The highest BCUT2D eigenvalue weighted by Crippen LogP contribution is 2.17. The van der Waals surface area contributed by atoms with Gasteiger partial charge in [-0.15, -0.1) is 0 Å². The van der Waals surface area contributed by atoms with Crippen LogP contribution < -0.4 is 10.1 Å². The fraction of sp³-hybridized carbons (Fsp3) is 0.600. The van der Waals surface area contributed by atoms with Gasteiger partial charge in [0.2, 0.25) is 0 Å². The summed E-state index contributed by atoms with van der Waals surface area (Å²) < 4.78 is 10.5. The van der Waals surface area contributed by atoms with Crippen LogP contribution in [0, 0.1) is 0 Å². The van der Waals surface area contributed by atoms with E-state index in [0.717, 1.165) is 12.3 Å². The third-order valence-corrected chi connectivity index (χ3v) is 5.60. The highest BCUT2D eigenvalue weighted by Gasteiger charge is 2.11. The van der Waals surface area contributed by atoms with Gasteiger partial charge in [0.05, 0.1) is 6.61 Å². The fourth-order valence-electron chi connectivity index (χ4n) is 1.94. The molecule has 3 nitrogen and oxygen atoms in total. The van der Waals surface area contributed by atoms with Gasteiger partial charge in [0.15, 0.2) is 0 Å². The van der Waals surface area contributed by atoms with Gasteiger partial charge in [-0.05, 0) is 17.7 Å². The van der Waals surface area contributed by atoms with Crippen LogP contribution in [0.3, 0.4) is 0 Å². The van der Waals surface area contributed by atoms with Crippen LogP contribution in [0.1, 0.15) is 5.56 Å². The number of hydrogen-bond donors (Lipinski definition) is 1. The van der Waals surface area contributed by atoms with E-state index in [-0.39, 0.29) is 0 Å². The first kappa shape index (κ1) is 16.0. The highest BCUT2D eigenvalue weighted by atomic mass is 32.2. The van der Waals surface area contributed by atoms with E-state index in [1.54, 1.807) is 7.11 Å². The zero-order valence-electron chi connectivity index (χ0n) is 12.0. The van der Waals surface area contributed by atoms with Crippen molar-refractivity contribution in [1.29, 1.82) is 0 Å². The van der Waals surface area contributed by atoms with Gasteiger partial charge in [-0.2, -0.15) is 23.5 Å². The van der Waals surface area contributed by atoms with E-state index >= 15 is 0 Å². The monoisotopic (exact) mass is 313 g/mol. The molecule has 1 heterocycles. The van der Waals surface area contributed by atoms with E-state index in [2.05, 4.69) is 41.0 Å². The van der Waals surface area contributed by atoms with Crippen LogP contribution in [-0.4, -0.2) is 49.4 Å². The first-order chi connectivity index (χ1) is 9.88. The van der Waals surface area contributed by atoms with Gasteiger partial charge in [-0.1, -0.05) is 12.1 Å². The second kappa shape index (κ2) is 9.55. The number of ether oxygens (including phenoxy) is 2. The summed E-state index contributed by atoms with van der Waals surface area (Å²) in [5.74, 6) is 5.94. The molecule has 0 amide bonds. The van der Waals surface area contributed by atoms with E-state index in [9.17, 15) is 0 Å². The Hall–Kier alpha value is -0.360. The Labute approximate surface area is 130 Å². The molecule has 1 saturated heterocycles. The van der Waals surface area contributed by atoms with E-state index in [4.69, 9.17) is 9.47 Å². The molecule has 2 rings (SSSR count). The smallest absolute Gasteiger partial charge is 0.119 e. The average molecular weight is 313 g/mol. The summed E-state index contributed by atoms with van der Waals surface area (Å²) in [7, 11) is 1.68. The Kier molecular flexibility index (Phi) is 7.65. The number of nitrogens with one attached hydrogen (secondary N) is 1. The zero-order valence-corrected chi connectivity index (χ0v) is 13.6. The molecule has 5 heteroatoms. The number of methoxy groups -OCH3 is 1. The third kappa shape index (κ3) is 5.95. The largest absolute Gasteiger partial charge is 0.491 e. The number of rotatable bonds is 7. The molecule has 0 aliphatic carbocycles. The maximum atomic E-state index is 5.56. The Bertz CT molecular complexity index is 365. The first-order valence-electron chi connectivity index (χ1n) is 6.98. The molecule has 1 N–H and O–H groups in total. The second-order valence-electron chi connectivity index (χ2n) is 4.71. The molecule has 1 aliphatic rings. The van der Waals surface area contributed by atoms with Gasteiger partial charge in [-0.3, -0.25) is 0 Å². The average Bonchev–Trinajstić information content (AvgIpc) is 2.75. The van der Waals surface area contributed by atoms with Crippen LogP contribution in [0.5, 0.6) is 5.75 Å². The summed E-state index contributed by atoms with van der Waals surface area (Å²) in [6.45, 7) is 2.16. The van der Waals surface area contributed by atoms with Crippen molar-refractivity contribution in [2.24, 2.45) is 0 Å². The second-order valence-corrected chi connectivity index (χ2v) is 7.01. The summed E-state index contributed by atoms with van der Waals surface area (Å²) in [4.78, 5) is 0. The molecular formula is C15H23NO2S2. The summed E-state index contributed by atoms with van der Waals surface area (Å²) in [5, 5.41) is 3.65. The Morgan fingerprint density at radius 2 is 1.80 bits per heavy atom. The van der Waals surface area contributed by atoms with E-state index in [1.807, 2.05) is 12.1 Å². The van der Waals surface area contributed by atoms with Crippen molar-refractivity contribution in [2.45, 2.75) is 12.6 Å². The van der Waals surface area contributed by atoms with Crippen LogP contribution in [-0.2, 0) is 11.3 Å². The third-order valence-electron chi connectivity index (χ3n) is 3.08. The normalized spacial score (nSPS) is 16.9. The molecule has 1 aromatic rings. The molecule has 1 aromatic carbocycles. The molecule has 0 spiro atoms. The summed E-state index contributed by atoms with van der Waals surface area (Å²) in [6, 6.07) is 8.95. The molecule has 0 atom stereocenters. The summed E-state index contributed by atoms with van der Waals surface area (Å²) in [6.07, 6.45) is 0. The molecular weight excluding hydrogens is 290 g/mol. The van der Waals surface area contributed by atoms with Crippen molar-refractivity contribution in [3.8, 4) is 5.75 Å². The fourth-order valence-corrected chi connectivity index (χ4v) is 4.41. The Balaban J connectivity index is 1.72. The molecule has 1 aliphatic heterocycles. The van der Waals surface area contributed by atoms with Gasteiger partial charge in [0.1, 0.15) is 12.4 Å². The van der Waals surface area contributed by atoms with Crippen molar-refractivity contribution >= 4 is 23.5 Å². The molecule has 1 fully saturated rings. The quantitative estimate of drug-likeness (QED) is 0.782. The van der Waals surface area contributed by atoms with Gasteiger partial charge in [-0.25, -0.2) is 0 Å². The molecule has 112 valence electrons. The molecule has 0 saturated carbocycles. The lowest BCUT2D eigenvalue weighted by Crippen LogP contribution is -2.32. The predicted molar refractivity (Wildman–Crippen MR) is 89.1 cm³/mol. The minimum Gasteiger partial charge on any atom is -0.491 e. The Morgan fingerprint density at radius 1 is 1.10 bits per heavy atom. The van der Waals surface area contributed by atoms with Crippen molar-refractivity contribution in [2.75, 3.05) is 43.3 Å². The van der Waals surface area contributed by atoms with Crippen LogP contribution in [0.25, 0.3) is 0 Å². The standard InChI is InChI=1S/C15H23NO2S2/c1-17-6-7-18-15-4-2-13(3-5-15)10-16-14-11-19-8-9-20-12-14/h2-5,14,16H,6-12H2,1H3. The van der Waals surface area contributed by atoms with Crippen LogP contribution in [0.4, 0.5) is 0 Å². The van der Waals surface area contributed by atoms with Crippen molar-refractivity contribution < 1.29 is 9.47 Å². The first-order valence-corrected chi connectivity index (χ1v) is 9.29. The van der Waals surface area contributed by atoms with Crippen molar-refractivity contribution in [3.05, 3.63) is 29.8 Å². The lowest BCUT2D eigenvalue weighted by molar-refractivity contribution is 0.146. The summed E-state index contributed by atoms with van der Waals surface area (Å²) in [5.41, 5.74) is 1.31. The lowest BCUT2D eigenvalue weighted by Gasteiger charge is -2.15. The SMILES string of the molecule is COCCOc1ccc(CNC2CSCCSC2)cc1. The van der Waals surface area contributed by atoms with Gasteiger partial charge < -0.3 is 14.8 Å². The van der Waals surface area contributed by atoms with Crippen LogP contribution in [0.2, 0.25) is 0 Å². The molecule has 0 radical (unpaired) electrons. The van der Waals surface area contributed by atoms with Gasteiger partial charge in [0, 0.05) is 42.7 Å². The van der Waals surface area contributed by atoms with Crippen molar-refractivity contribution in [1.82, 2.24) is 5.32 Å². The predicted octanol–water partition coefficient (Wildman–Crippen LogP) is 2.65. The lowest BCUT2D eigenvalue weighted by atomic mass is 10.2. The Morgan fingerprint density at radius 3 is 2.45 bits per heavy atom. The van der Waals surface area contributed by atoms with Gasteiger partial charge in [0.25, 0.3) is 0 Å². The number of hydrogen-bond acceptors (Lipinski definition) is 5. The number of benzene rings is 1. The zero-order chi connectivity index (χ0) is 14.0. The molecule has 0 bridgehead atoms. The molecule has 20 heavy (non-hydrogen) atoms. The molecule has 0 unspecified atom stereocenters. The van der Waals surface area contributed by atoms with E-state index in [1.165, 1.54) is 28.6 Å². The maximum Gasteiger partial charge on any atom is 0.119 e. The minimum absolute atomic E-state index is 0.602. The van der Waals surface area contributed by atoms with Crippen molar-refractivity contribution in [3.63, 3.8) is 0 Å². The minimum atomic E-state index is 0.602. The summed E-state index contributed by atoms with van der Waals surface area (Å²) >= 11 is 4.11. The maximum absolute atomic E-state index is 5.56. The highest BCUT2D eigenvalue weighted by molar-refractivity contribution is 8.03.